The van der Waals surface area contributed by atoms with Gasteiger partial charge in [0.2, 0.25) is 10.0 Å². The fourth-order valence-electron chi connectivity index (χ4n) is 2.48. The lowest BCUT2D eigenvalue weighted by molar-refractivity contribution is 0.197. The summed E-state index contributed by atoms with van der Waals surface area (Å²) in [4.78, 5) is 7.71. The van der Waals surface area contributed by atoms with Crippen molar-refractivity contribution in [2.24, 2.45) is 0 Å². The molecule has 134 valence electrons. The lowest BCUT2D eigenvalue weighted by Gasteiger charge is -2.17. The zero-order valence-electron chi connectivity index (χ0n) is 13.2. The van der Waals surface area contributed by atoms with E-state index < -0.39 is 15.8 Å². The number of hydrogen-bond donors (Lipinski definition) is 0. The SMILES string of the molecule is COc1ccc(S(=O)(=O)N2CCC(Oc3ncc(Cl)cn3)C2)cc1F. The van der Waals surface area contributed by atoms with Gasteiger partial charge >= 0.3 is 6.01 Å². The molecule has 3 rings (SSSR count). The molecule has 0 aliphatic carbocycles. The van der Waals surface area contributed by atoms with E-state index in [1.807, 2.05) is 0 Å². The van der Waals surface area contributed by atoms with Crippen LogP contribution in [0, 0.1) is 5.82 Å². The van der Waals surface area contributed by atoms with E-state index in [1.165, 1.54) is 35.9 Å². The molecule has 1 unspecified atom stereocenters. The molecule has 0 radical (unpaired) electrons. The first-order valence-corrected chi connectivity index (χ1v) is 9.20. The topological polar surface area (TPSA) is 81.6 Å². The second-order valence-corrected chi connectivity index (χ2v) is 7.75. The van der Waals surface area contributed by atoms with E-state index in [0.29, 0.717) is 11.4 Å². The highest BCUT2D eigenvalue weighted by Crippen LogP contribution is 2.26. The summed E-state index contributed by atoms with van der Waals surface area (Å²) in [5.74, 6) is -0.744. The largest absolute Gasteiger partial charge is 0.494 e. The number of nitrogens with zero attached hydrogens (tertiary/aromatic N) is 3. The Kier molecular flexibility index (Phi) is 5.07. The quantitative estimate of drug-likeness (QED) is 0.781. The molecule has 1 aromatic heterocycles. The van der Waals surface area contributed by atoms with Crippen LogP contribution in [0.2, 0.25) is 5.02 Å². The van der Waals surface area contributed by atoms with Crippen molar-refractivity contribution in [3.8, 4) is 11.8 Å². The van der Waals surface area contributed by atoms with Gasteiger partial charge in [0.15, 0.2) is 11.6 Å². The van der Waals surface area contributed by atoms with Crippen molar-refractivity contribution in [2.75, 3.05) is 20.2 Å². The molecule has 1 aliphatic heterocycles. The van der Waals surface area contributed by atoms with Gasteiger partial charge in [-0.25, -0.2) is 22.8 Å². The molecule has 0 saturated carbocycles. The molecule has 1 saturated heterocycles. The van der Waals surface area contributed by atoms with E-state index in [-0.39, 0.29) is 35.8 Å². The highest BCUT2D eigenvalue weighted by atomic mass is 35.5. The average molecular weight is 388 g/mol. The Hall–Kier alpha value is -1.97. The van der Waals surface area contributed by atoms with Crippen molar-refractivity contribution in [1.29, 1.82) is 0 Å². The minimum absolute atomic E-state index is 0.0125. The first-order valence-electron chi connectivity index (χ1n) is 7.38. The van der Waals surface area contributed by atoms with Crippen molar-refractivity contribution in [3.63, 3.8) is 0 Å². The van der Waals surface area contributed by atoms with Gasteiger partial charge in [-0.1, -0.05) is 11.6 Å². The Morgan fingerprint density at radius 1 is 1.32 bits per heavy atom. The molecule has 0 N–H and O–H groups in total. The summed E-state index contributed by atoms with van der Waals surface area (Å²) < 4.78 is 50.7. The zero-order chi connectivity index (χ0) is 18.0. The van der Waals surface area contributed by atoms with Crippen LogP contribution in [0.3, 0.4) is 0 Å². The molecule has 1 aromatic carbocycles. The molecule has 25 heavy (non-hydrogen) atoms. The van der Waals surface area contributed by atoms with Crippen LogP contribution in [0.15, 0.2) is 35.5 Å². The molecule has 0 amide bonds. The smallest absolute Gasteiger partial charge is 0.316 e. The summed E-state index contributed by atoms with van der Waals surface area (Å²) in [5, 5.41) is 0.379. The van der Waals surface area contributed by atoms with Crippen molar-refractivity contribution < 1.29 is 22.3 Å². The van der Waals surface area contributed by atoms with Gasteiger partial charge in [-0.2, -0.15) is 4.31 Å². The second kappa shape index (κ2) is 7.11. The molecule has 2 aromatic rings. The predicted octanol–water partition coefficient (Wildman–Crippen LogP) is 2.12. The molecule has 1 fully saturated rings. The van der Waals surface area contributed by atoms with Gasteiger partial charge in [0.1, 0.15) is 6.10 Å². The van der Waals surface area contributed by atoms with Gasteiger partial charge in [-0.05, 0) is 24.6 Å². The third-order valence-corrected chi connectivity index (χ3v) is 5.79. The Bertz CT molecular complexity index is 864. The van der Waals surface area contributed by atoms with E-state index in [4.69, 9.17) is 21.1 Å². The minimum Gasteiger partial charge on any atom is -0.494 e. The van der Waals surface area contributed by atoms with Crippen LogP contribution in [-0.4, -0.2) is 49.0 Å². The first kappa shape index (κ1) is 17.8. The van der Waals surface area contributed by atoms with Crippen LogP contribution in [-0.2, 0) is 10.0 Å². The molecule has 1 aliphatic rings. The summed E-state index contributed by atoms with van der Waals surface area (Å²) in [6, 6.07) is 3.68. The van der Waals surface area contributed by atoms with Crippen LogP contribution in [0.4, 0.5) is 4.39 Å². The first-order chi connectivity index (χ1) is 11.9. The third kappa shape index (κ3) is 3.83. The number of ether oxygens (including phenoxy) is 2. The number of rotatable bonds is 5. The van der Waals surface area contributed by atoms with Crippen LogP contribution >= 0.6 is 11.6 Å². The van der Waals surface area contributed by atoms with E-state index >= 15 is 0 Å². The molecule has 0 spiro atoms. The number of methoxy groups -OCH3 is 1. The number of hydrogen-bond acceptors (Lipinski definition) is 6. The monoisotopic (exact) mass is 387 g/mol. The number of sulfonamides is 1. The highest BCUT2D eigenvalue weighted by Gasteiger charge is 2.34. The lowest BCUT2D eigenvalue weighted by atomic mass is 10.3. The molecule has 7 nitrogen and oxygen atoms in total. The van der Waals surface area contributed by atoms with Crippen LogP contribution in [0.25, 0.3) is 0 Å². The summed E-state index contributed by atoms with van der Waals surface area (Å²) in [6.07, 6.45) is 2.88. The molecule has 1 atom stereocenters. The summed E-state index contributed by atoms with van der Waals surface area (Å²) in [7, 11) is -2.51. The molecular weight excluding hydrogens is 373 g/mol. The Balaban J connectivity index is 1.71. The molecular formula is C15H15ClFN3O4S. The average Bonchev–Trinajstić information content (AvgIpc) is 3.06. The van der Waals surface area contributed by atoms with Crippen molar-refractivity contribution >= 4 is 21.6 Å². The van der Waals surface area contributed by atoms with Crippen molar-refractivity contribution in [1.82, 2.24) is 14.3 Å². The fraction of sp³-hybridized carbons (Fsp3) is 0.333. The Labute approximate surface area is 149 Å². The predicted molar refractivity (Wildman–Crippen MR) is 87.8 cm³/mol. The van der Waals surface area contributed by atoms with E-state index in [9.17, 15) is 12.8 Å². The van der Waals surface area contributed by atoms with Gasteiger partial charge in [0.25, 0.3) is 0 Å². The van der Waals surface area contributed by atoms with E-state index in [0.717, 1.165) is 6.07 Å². The molecule has 10 heteroatoms. The van der Waals surface area contributed by atoms with Gasteiger partial charge in [-0.15, -0.1) is 0 Å². The van der Waals surface area contributed by atoms with Gasteiger partial charge in [-0.3, -0.25) is 0 Å². The number of halogens is 2. The molecule has 0 bridgehead atoms. The van der Waals surface area contributed by atoms with Crippen molar-refractivity contribution in [2.45, 2.75) is 17.4 Å². The number of benzene rings is 1. The Morgan fingerprint density at radius 2 is 2.04 bits per heavy atom. The van der Waals surface area contributed by atoms with Gasteiger partial charge in [0, 0.05) is 6.54 Å². The Morgan fingerprint density at radius 3 is 2.68 bits per heavy atom. The van der Waals surface area contributed by atoms with Crippen molar-refractivity contribution in [3.05, 3.63) is 41.4 Å². The van der Waals surface area contributed by atoms with Gasteiger partial charge in [0.05, 0.1) is 36.0 Å². The van der Waals surface area contributed by atoms with Crippen LogP contribution < -0.4 is 9.47 Å². The van der Waals surface area contributed by atoms with E-state index in [2.05, 4.69) is 9.97 Å². The maximum Gasteiger partial charge on any atom is 0.316 e. The fourth-order valence-corrected chi connectivity index (χ4v) is 4.08. The minimum atomic E-state index is -3.82. The number of aromatic nitrogens is 2. The second-order valence-electron chi connectivity index (χ2n) is 5.37. The summed E-state index contributed by atoms with van der Waals surface area (Å²) >= 11 is 5.71. The highest BCUT2D eigenvalue weighted by molar-refractivity contribution is 7.89. The maximum atomic E-state index is 13.8. The lowest BCUT2D eigenvalue weighted by Crippen LogP contribution is -2.31. The summed E-state index contributed by atoms with van der Waals surface area (Å²) in [6.45, 7) is 0.385. The molecule has 2 heterocycles. The third-order valence-electron chi connectivity index (χ3n) is 3.74. The standard InChI is InChI=1S/C15H15ClFN3O4S/c1-23-14-3-2-12(6-13(14)17)25(21,22)20-5-4-11(9-20)24-15-18-7-10(16)8-19-15/h2-3,6-8,11H,4-5,9H2,1H3. The maximum absolute atomic E-state index is 13.8. The van der Waals surface area contributed by atoms with Gasteiger partial charge < -0.3 is 9.47 Å². The van der Waals surface area contributed by atoms with Crippen LogP contribution in [0.5, 0.6) is 11.8 Å². The van der Waals surface area contributed by atoms with Crippen LogP contribution in [0.1, 0.15) is 6.42 Å². The summed E-state index contributed by atoms with van der Waals surface area (Å²) in [5.41, 5.74) is 0. The normalized spacial score (nSPS) is 18.3. The zero-order valence-corrected chi connectivity index (χ0v) is 14.8. The van der Waals surface area contributed by atoms with E-state index in [1.54, 1.807) is 0 Å².